The van der Waals surface area contributed by atoms with Crippen LogP contribution in [0.15, 0.2) is 167 Å². The first-order chi connectivity index (χ1) is 33.6. The van der Waals surface area contributed by atoms with Gasteiger partial charge in [-0.1, -0.05) is 159 Å². The van der Waals surface area contributed by atoms with Gasteiger partial charge in [-0.25, -0.2) is 0 Å². The lowest BCUT2D eigenvalue weighted by molar-refractivity contribution is 0.332. The van der Waals surface area contributed by atoms with E-state index in [0.29, 0.717) is 0 Å². The summed E-state index contributed by atoms with van der Waals surface area (Å²) in [7, 11) is 0. The Kier molecular flexibility index (Phi) is 8.33. The monoisotopic (exact) mass is 908 g/mol. The lowest BCUT2D eigenvalue weighted by Crippen LogP contribution is -2.61. The Labute approximate surface area is 411 Å². The molecule has 0 saturated heterocycles. The zero-order valence-electron chi connectivity index (χ0n) is 41.7. The van der Waals surface area contributed by atoms with Gasteiger partial charge in [0.25, 0.3) is 0 Å². The van der Waals surface area contributed by atoms with E-state index >= 15 is 0 Å². The Bertz CT molecular complexity index is 3860. The Morgan fingerprint density at radius 3 is 1.99 bits per heavy atom. The first-order valence-electron chi connectivity index (χ1n) is 25.3. The lowest BCUT2D eigenvalue weighted by Gasteiger charge is -2.45. The topological polar surface area (TPSA) is 32.8 Å². The van der Waals surface area contributed by atoms with E-state index in [9.17, 15) is 0 Å². The summed E-state index contributed by atoms with van der Waals surface area (Å²) in [6.07, 6.45) is 2.29. The van der Waals surface area contributed by atoms with Gasteiger partial charge in [-0.15, -0.1) is 0 Å². The van der Waals surface area contributed by atoms with Gasteiger partial charge in [0.2, 0.25) is 0 Å². The van der Waals surface area contributed by atoms with Crippen molar-refractivity contribution in [2.24, 2.45) is 0 Å². The number of benzene rings is 8. The minimum Gasteiger partial charge on any atom is -0.466 e. The van der Waals surface area contributed by atoms with Crippen LogP contribution >= 0.6 is 0 Å². The molecule has 0 amide bonds. The number of furan rings is 2. The van der Waals surface area contributed by atoms with Crippen LogP contribution in [0.4, 0.5) is 28.4 Å². The molecular weight excluding hydrogens is 852 g/mol. The molecule has 2 aliphatic carbocycles. The van der Waals surface area contributed by atoms with E-state index in [1.807, 2.05) is 0 Å². The number of fused-ring (bicyclic) bond motifs is 14. The smallest absolute Gasteiger partial charge is 0.376 e. The highest BCUT2D eigenvalue weighted by molar-refractivity contribution is 6.93. The molecule has 10 aromatic rings. The predicted octanol–water partition coefficient (Wildman–Crippen LogP) is 16.7. The molecule has 5 heteroatoms. The second-order valence-electron chi connectivity index (χ2n) is 23.5. The van der Waals surface area contributed by atoms with Crippen molar-refractivity contribution >= 4 is 79.3 Å². The summed E-state index contributed by atoms with van der Waals surface area (Å²) < 4.78 is 14.8. The van der Waals surface area contributed by atoms with E-state index in [1.54, 1.807) is 0 Å². The van der Waals surface area contributed by atoms with Gasteiger partial charge in [0.1, 0.15) is 22.4 Å². The molecule has 14 rings (SSSR count). The summed E-state index contributed by atoms with van der Waals surface area (Å²) in [5.74, 6) is 0. The van der Waals surface area contributed by atoms with Crippen LogP contribution in [0.2, 0.25) is 0 Å². The van der Waals surface area contributed by atoms with Crippen molar-refractivity contribution in [2.45, 2.75) is 96.8 Å². The Hall–Kier alpha value is -7.24. The largest absolute Gasteiger partial charge is 0.466 e. The van der Waals surface area contributed by atoms with E-state index < -0.39 is 0 Å². The zero-order valence-corrected chi connectivity index (χ0v) is 41.7. The highest BCUT2D eigenvalue weighted by Gasteiger charge is 2.51. The summed E-state index contributed by atoms with van der Waals surface area (Å²) in [6, 6.07) is 59.3. The van der Waals surface area contributed by atoms with Crippen LogP contribution in [-0.2, 0) is 21.7 Å². The fourth-order valence-electron chi connectivity index (χ4n) is 13.1. The van der Waals surface area contributed by atoms with Crippen LogP contribution in [0.3, 0.4) is 0 Å². The van der Waals surface area contributed by atoms with Gasteiger partial charge >= 0.3 is 6.85 Å². The standard InChI is InChI=1S/C65H57BN2O2/c1-62(2,3)40-24-26-41(27-25-40)68-53-37-51-45(43-19-13-15-21-49(43)65(51,8)9)35-47(53)57-58-54(36-46-44-20-14-16-22-55(44)69-60(46)57)67(42-28-29-50-52(34-42)64(6,7)32-31-63(50,4)5)59-48-33-39(38-17-11-10-12-18-38)23-30-56(48)70-61(59)66(58)68/h10-30,33-37H,31-32H2,1-9H3. The molecule has 4 nitrogen and oxygen atoms in total. The third kappa shape index (κ3) is 5.66. The molecule has 8 aromatic carbocycles. The number of anilines is 5. The maximum absolute atomic E-state index is 7.56. The average molecular weight is 909 g/mol. The number of hydrogen-bond acceptors (Lipinski definition) is 4. The van der Waals surface area contributed by atoms with Crippen molar-refractivity contribution in [3.8, 4) is 33.4 Å². The highest BCUT2D eigenvalue weighted by atomic mass is 16.3. The molecule has 4 heterocycles. The van der Waals surface area contributed by atoms with Crippen LogP contribution in [0.25, 0.3) is 66.3 Å². The third-order valence-corrected chi connectivity index (χ3v) is 17.1. The Morgan fingerprint density at radius 2 is 1.20 bits per heavy atom. The molecule has 0 spiro atoms. The molecule has 70 heavy (non-hydrogen) atoms. The summed E-state index contributed by atoms with van der Waals surface area (Å²) >= 11 is 0. The predicted molar refractivity (Wildman–Crippen MR) is 294 cm³/mol. The molecule has 0 unspecified atom stereocenters. The van der Waals surface area contributed by atoms with Gasteiger partial charge in [0, 0.05) is 55.5 Å². The second-order valence-corrected chi connectivity index (χ2v) is 23.5. The molecule has 0 bridgehead atoms. The summed E-state index contributed by atoms with van der Waals surface area (Å²) in [6.45, 7) is 21.0. The van der Waals surface area contributed by atoms with Crippen LogP contribution < -0.4 is 20.8 Å². The number of nitrogens with zero attached hydrogens (tertiary/aromatic N) is 2. The number of para-hydroxylation sites is 1. The highest BCUT2D eigenvalue weighted by Crippen LogP contribution is 2.58. The van der Waals surface area contributed by atoms with E-state index in [0.717, 1.165) is 91.0 Å². The van der Waals surface area contributed by atoms with E-state index in [4.69, 9.17) is 8.83 Å². The van der Waals surface area contributed by atoms with Crippen LogP contribution in [0.5, 0.6) is 0 Å². The average Bonchev–Trinajstić information content (AvgIpc) is 3.99. The van der Waals surface area contributed by atoms with E-state index in [2.05, 4.69) is 230 Å². The molecule has 4 aliphatic rings. The summed E-state index contributed by atoms with van der Waals surface area (Å²) in [5, 5.41) is 3.33. The third-order valence-electron chi connectivity index (χ3n) is 17.1. The van der Waals surface area contributed by atoms with Crippen LogP contribution in [-0.4, -0.2) is 6.85 Å². The number of hydrogen-bond donors (Lipinski definition) is 0. The van der Waals surface area contributed by atoms with Crippen LogP contribution in [0.1, 0.15) is 103 Å². The molecule has 0 radical (unpaired) electrons. The Morgan fingerprint density at radius 1 is 0.500 bits per heavy atom. The van der Waals surface area contributed by atoms with Crippen molar-refractivity contribution in [3.63, 3.8) is 0 Å². The first kappa shape index (κ1) is 41.7. The molecule has 2 aromatic heterocycles. The Balaban J connectivity index is 1.16. The lowest BCUT2D eigenvalue weighted by atomic mass is 9.45. The fourth-order valence-corrected chi connectivity index (χ4v) is 13.1. The van der Waals surface area contributed by atoms with Gasteiger partial charge in [-0.2, -0.15) is 0 Å². The van der Waals surface area contributed by atoms with Gasteiger partial charge in [-0.05, 0) is 145 Å². The maximum Gasteiger partial charge on any atom is 0.376 e. The minimum absolute atomic E-state index is 0.00447. The maximum atomic E-state index is 7.56. The van der Waals surface area contributed by atoms with Crippen molar-refractivity contribution in [1.29, 1.82) is 0 Å². The normalized spacial score (nSPS) is 16.8. The first-order valence-corrected chi connectivity index (χ1v) is 25.3. The van der Waals surface area contributed by atoms with Gasteiger partial charge in [0.15, 0.2) is 0 Å². The minimum atomic E-state index is -0.340. The summed E-state index contributed by atoms with van der Waals surface area (Å²) in [4.78, 5) is 5.18. The number of rotatable bonds is 3. The van der Waals surface area contributed by atoms with Gasteiger partial charge in [0.05, 0.1) is 5.69 Å². The molecular formula is C65H57BN2O2. The van der Waals surface area contributed by atoms with E-state index in [1.165, 1.54) is 55.5 Å². The molecule has 0 atom stereocenters. The van der Waals surface area contributed by atoms with Gasteiger partial charge < -0.3 is 18.5 Å². The summed E-state index contributed by atoms with van der Waals surface area (Å²) in [5.41, 5.74) is 24.4. The van der Waals surface area contributed by atoms with Crippen molar-refractivity contribution < 1.29 is 8.83 Å². The van der Waals surface area contributed by atoms with Gasteiger partial charge in [-0.3, -0.25) is 0 Å². The van der Waals surface area contributed by atoms with Crippen LogP contribution in [0, 0.1) is 0 Å². The molecule has 0 N–H and O–H groups in total. The molecule has 342 valence electrons. The van der Waals surface area contributed by atoms with Crippen molar-refractivity contribution in [1.82, 2.24) is 0 Å². The zero-order chi connectivity index (χ0) is 47.8. The molecule has 2 aliphatic heterocycles. The van der Waals surface area contributed by atoms with E-state index in [-0.39, 0.29) is 28.5 Å². The quantitative estimate of drug-likeness (QED) is 0.165. The SMILES string of the molecule is CC(C)(C)c1ccc(N2B3c4oc5ccc(-c6ccccc6)cc5c4N(c4ccc5c(c4)C(C)(C)CCC5(C)C)c4cc5c(oc6ccccc65)c(c43)-c3cc4c(cc32)C(C)(C)c2ccccc2-4)cc1. The van der Waals surface area contributed by atoms with Crippen molar-refractivity contribution in [2.75, 3.05) is 9.71 Å². The fraction of sp³-hybridized carbons (Fsp3) is 0.231. The molecule has 0 fully saturated rings. The second kappa shape index (κ2) is 14.0. The van der Waals surface area contributed by atoms with Crippen molar-refractivity contribution in [3.05, 3.63) is 186 Å². The molecule has 0 saturated carbocycles.